The Labute approximate surface area is 212 Å². The van der Waals surface area contributed by atoms with Gasteiger partial charge in [-0.1, -0.05) is 62.2 Å². The van der Waals surface area contributed by atoms with Gasteiger partial charge in [-0.3, -0.25) is 9.69 Å². The number of aromatic amines is 1. The molecule has 7 nitrogen and oxygen atoms in total. The van der Waals surface area contributed by atoms with Crippen LogP contribution in [-0.2, 0) is 19.5 Å². The minimum atomic E-state index is -0.00211. The van der Waals surface area contributed by atoms with E-state index in [0.29, 0.717) is 12.6 Å². The Morgan fingerprint density at radius 1 is 1.11 bits per heavy atom. The topological polar surface area (TPSA) is 79.7 Å². The first-order chi connectivity index (χ1) is 17.5. The number of pyridine rings is 1. The zero-order valence-corrected chi connectivity index (χ0v) is 21.6. The molecule has 0 saturated heterocycles. The van der Waals surface area contributed by atoms with Gasteiger partial charge in [-0.15, -0.1) is 5.10 Å². The van der Waals surface area contributed by atoms with Crippen molar-refractivity contribution in [2.45, 2.75) is 84.5 Å². The van der Waals surface area contributed by atoms with Crippen molar-refractivity contribution in [2.24, 2.45) is 0 Å². The number of H-pyrrole nitrogens is 1. The molecular formula is C29H36N6O. The molecule has 0 radical (unpaired) electrons. The highest BCUT2D eigenvalue weighted by molar-refractivity contribution is 5.83. The second-order valence-electron chi connectivity index (χ2n) is 10.1. The third-order valence-electron chi connectivity index (χ3n) is 7.87. The van der Waals surface area contributed by atoms with Crippen LogP contribution in [0.25, 0.3) is 10.9 Å². The molecule has 1 fully saturated rings. The van der Waals surface area contributed by atoms with Crippen molar-refractivity contribution in [3.63, 3.8) is 0 Å². The van der Waals surface area contributed by atoms with Gasteiger partial charge in [0.15, 0.2) is 5.82 Å². The van der Waals surface area contributed by atoms with Gasteiger partial charge in [-0.25, -0.2) is 4.68 Å². The molecule has 0 unspecified atom stereocenters. The van der Waals surface area contributed by atoms with Crippen LogP contribution >= 0.6 is 0 Å². The normalized spacial score (nSPS) is 15.2. The van der Waals surface area contributed by atoms with Crippen LogP contribution in [0.1, 0.15) is 73.1 Å². The van der Waals surface area contributed by atoms with Crippen molar-refractivity contribution in [3.05, 3.63) is 87.0 Å². The molecule has 0 aliphatic heterocycles. The summed E-state index contributed by atoms with van der Waals surface area (Å²) >= 11 is 0. The predicted octanol–water partition coefficient (Wildman–Crippen LogP) is 5.27. The average Bonchev–Trinajstić information content (AvgIpc) is 3.59. The van der Waals surface area contributed by atoms with Gasteiger partial charge in [0.05, 0.1) is 11.6 Å². The summed E-state index contributed by atoms with van der Waals surface area (Å²) in [6.07, 6.45) is 6.50. The van der Waals surface area contributed by atoms with Crippen LogP contribution in [0, 0.1) is 13.8 Å². The number of hydrogen-bond acceptors (Lipinski definition) is 5. The zero-order chi connectivity index (χ0) is 25.1. The second kappa shape index (κ2) is 10.7. The van der Waals surface area contributed by atoms with Gasteiger partial charge in [-0.2, -0.15) is 0 Å². The molecule has 0 amide bonds. The number of benzene rings is 2. The van der Waals surface area contributed by atoms with Crippen LogP contribution in [0.2, 0.25) is 0 Å². The summed E-state index contributed by atoms with van der Waals surface area (Å²) in [7, 11) is 0. The number of nitrogens with one attached hydrogen (secondary N) is 1. The molecule has 0 spiro atoms. The minimum absolute atomic E-state index is 0.00211. The number of hydrogen-bond donors (Lipinski definition) is 1. The largest absolute Gasteiger partial charge is 0.321 e. The van der Waals surface area contributed by atoms with Crippen LogP contribution in [0.5, 0.6) is 0 Å². The summed E-state index contributed by atoms with van der Waals surface area (Å²) in [4.78, 5) is 18.9. The zero-order valence-electron chi connectivity index (χ0n) is 21.6. The van der Waals surface area contributed by atoms with Crippen LogP contribution in [0.15, 0.2) is 53.3 Å². The molecule has 188 valence electrons. The Morgan fingerprint density at radius 2 is 1.89 bits per heavy atom. The predicted molar refractivity (Wildman–Crippen MR) is 143 cm³/mol. The first-order valence-electron chi connectivity index (χ1n) is 13.2. The molecule has 1 N–H and O–H groups in total. The van der Waals surface area contributed by atoms with Crippen molar-refractivity contribution in [2.75, 3.05) is 0 Å². The van der Waals surface area contributed by atoms with Crippen LogP contribution in [-0.4, -0.2) is 36.1 Å². The third-order valence-corrected chi connectivity index (χ3v) is 7.87. The van der Waals surface area contributed by atoms with E-state index in [9.17, 15) is 4.79 Å². The van der Waals surface area contributed by atoms with Crippen LogP contribution in [0.3, 0.4) is 0 Å². The summed E-state index contributed by atoms with van der Waals surface area (Å²) in [5.74, 6) is 0.893. The summed E-state index contributed by atoms with van der Waals surface area (Å²) < 4.78 is 1.96. The number of aryl methyl sites for hydroxylation is 4. The summed E-state index contributed by atoms with van der Waals surface area (Å²) in [5, 5.41) is 14.0. The van der Waals surface area contributed by atoms with Crippen molar-refractivity contribution in [3.8, 4) is 0 Å². The Morgan fingerprint density at radius 3 is 2.64 bits per heavy atom. The van der Waals surface area contributed by atoms with Crippen molar-refractivity contribution in [1.82, 2.24) is 30.1 Å². The maximum absolute atomic E-state index is 13.2. The van der Waals surface area contributed by atoms with Gasteiger partial charge in [0.1, 0.15) is 0 Å². The van der Waals surface area contributed by atoms with Crippen molar-refractivity contribution < 1.29 is 0 Å². The fraction of sp³-hybridized carbons (Fsp3) is 0.448. The van der Waals surface area contributed by atoms with Crippen LogP contribution < -0.4 is 5.56 Å². The molecule has 4 aromatic rings. The molecule has 5 rings (SSSR count). The average molecular weight is 485 g/mol. The van der Waals surface area contributed by atoms with E-state index in [4.69, 9.17) is 0 Å². The number of aromatic nitrogens is 5. The number of nitrogens with zero attached hydrogens (tertiary/aromatic N) is 5. The molecule has 1 aliphatic carbocycles. The molecule has 1 saturated carbocycles. The molecule has 1 aliphatic rings. The molecule has 7 heteroatoms. The Balaban J connectivity index is 1.46. The lowest BCUT2D eigenvalue weighted by Crippen LogP contribution is -2.39. The minimum Gasteiger partial charge on any atom is -0.321 e. The van der Waals surface area contributed by atoms with E-state index in [-0.39, 0.29) is 11.6 Å². The van der Waals surface area contributed by atoms with Crippen LogP contribution in [0.4, 0.5) is 0 Å². The van der Waals surface area contributed by atoms with E-state index in [0.717, 1.165) is 60.1 Å². The molecular weight excluding hydrogens is 448 g/mol. The number of tetrazole rings is 1. The van der Waals surface area contributed by atoms with Crippen molar-refractivity contribution >= 4 is 10.9 Å². The van der Waals surface area contributed by atoms with E-state index in [1.807, 2.05) is 10.7 Å². The number of fused-ring (bicyclic) bond motifs is 1. The van der Waals surface area contributed by atoms with E-state index in [2.05, 4.69) is 88.6 Å². The van der Waals surface area contributed by atoms with E-state index in [1.165, 1.54) is 24.0 Å². The lowest BCUT2D eigenvalue weighted by Gasteiger charge is -2.35. The number of rotatable bonds is 9. The molecule has 2 heterocycles. The fourth-order valence-corrected chi connectivity index (χ4v) is 5.67. The summed E-state index contributed by atoms with van der Waals surface area (Å²) in [6.45, 7) is 7.67. The molecule has 1 atom stereocenters. The monoisotopic (exact) mass is 484 g/mol. The highest BCUT2D eigenvalue weighted by atomic mass is 16.1. The highest BCUT2D eigenvalue weighted by Crippen LogP contribution is 2.33. The maximum Gasteiger partial charge on any atom is 0.252 e. The second-order valence-corrected chi connectivity index (χ2v) is 10.1. The maximum atomic E-state index is 13.2. The van der Waals surface area contributed by atoms with Gasteiger partial charge >= 0.3 is 0 Å². The Bertz CT molecular complexity index is 1370. The standard InChI is InChI=1S/C29H36N6O/c1-4-26(28-31-32-33-35(28)17-16-22-10-6-5-7-11-22)34(25-12-8-9-13-25)19-24-18-23-15-14-20(2)21(3)27(23)30-29(24)36/h5-7,10-11,14-15,18,25-26H,4,8-9,12-13,16-17,19H2,1-3H3,(H,30,36)/t26-/m1/s1. The first-order valence-corrected chi connectivity index (χ1v) is 13.2. The molecule has 2 aromatic carbocycles. The van der Waals surface area contributed by atoms with Gasteiger partial charge < -0.3 is 4.98 Å². The molecule has 0 bridgehead atoms. The fourth-order valence-electron chi connectivity index (χ4n) is 5.67. The lowest BCUT2D eigenvalue weighted by molar-refractivity contribution is 0.112. The summed E-state index contributed by atoms with van der Waals surface area (Å²) in [5.41, 5.74) is 5.33. The van der Waals surface area contributed by atoms with E-state index >= 15 is 0 Å². The molecule has 36 heavy (non-hydrogen) atoms. The van der Waals surface area contributed by atoms with E-state index < -0.39 is 0 Å². The summed E-state index contributed by atoms with van der Waals surface area (Å²) in [6, 6.07) is 17.2. The SMILES string of the molecule is CC[C@H](c1nnnn1CCc1ccccc1)N(Cc1cc2ccc(C)c(C)c2[nH]c1=O)C1CCCC1. The van der Waals surface area contributed by atoms with E-state index in [1.54, 1.807) is 0 Å². The first kappa shape index (κ1) is 24.4. The van der Waals surface area contributed by atoms with Gasteiger partial charge in [0.2, 0.25) is 0 Å². The Kier molecular flexibility index (Phi) is 7.28. The quantitative estimate of drug-likeness (QED) is 0.350. The van der Waals surface area contributed by atoms with Crippen molar-refractivity contribution in [1.29, 1.82) is 0 Å². The van der Waals surface area contributed by atoms with Gasteiger partial charge in [0, 0.05) is 24.7 Å². The van der Waals surface area contributed by atoms with Gasteiger partial charge in [-0.05, 0) is 78.1 Å². The van der Waals surface area contributed by atoms with Gasteiger partial charge in [0.25, 0.3) is 5.56 Å². The lowest BCUT2D eigenvalue weighted by atomic mass is 10.0. The third kappa shape index (κ3) is 4.98. The smallest absolute Gasteiger partial charge is 0.252 e. The molecule has 2 aromatic heterocycles. The highest BCUT2D eigenvalue weighted by Gasteiger charge is 2.32. The Hall–Kier alpha value is -3.32.